The van der Waals surface area contributed by atoms with Crippen LogP contribution in [0.1, 0.15) is 115 Å². The number of nitrogens with zero attached hydrogens (tertiary/aromatic N) is 1. The fourth-order valence-corrected chi connectivity index (χ4v) is 5.18. The minimum atomic E-state index is -0.304. The molecule has 1 aromatic heterocycles. The van der Waals surface area contributed by atoms with Gasteiger partial charge < -0.3 is 9.47 Å². The first-order chi connectivity index (χ1) is 19.7. The SMILES string of the molecule is CCCCCCCCCCCCCCCCOc1ccc2cc([C@H](C)C(=O)OCC[n+]3ccccc3)ccc2c1. The summed E-state index contributed by atoms with van der Waals surface area (Å²) in [5.74, 6) is 0.422. The second kappa shape index (κ2) is 19.2. The first kappa shape index (κ1) is 31.6. The molecule has 0 aliphatic heterocycles. The first-order valence-corrected chi connectivity index (χ1v) is 15.9. The van der Waals surface area contributed by atoms with E-state index >= 15 is 0 Å². The molecule has 0 saturated carbocycles. The third kappa shape index (κ3) is 12.1. The molecule has 4 heteroatoms. The quantitative estimate of drug-likeness (QED) is 0.0759. The Kier molecular flexibility index (Phi) is 15.2. The van der Waals surface area contributed by atoms with Gasteiger partial charge in [0.15, 0.2) is 25.5 Å². The molecule has 0 unspecified atom stereocenters. The van der Waals surface area contributed by atoms with Crippen LogP contribution in [0.3, 0.4) is 0 Å². The van der Waals surface area contributed by atoms with E-state index in [9.17, 15) is 4.79 Å². The number of hydrogen-bond acceptors (Lipinski definition) is 3. The highest BCUT2D eigenvalue weighted by Gasteiger charge is 2.18. The number of carbonyl (C=O) groups is 1. The fraction of sp³-hybridized carbons (Fsp3) is 0.556. The standard InChI is InChI=1S/C36H52NO3/c1-3-4-5-6-7-8-9-10-11-12-13-14-15-19-27-39-35-23-22-33-29-32(20-21-34(33)30-35)31(2)36(38)40-28-26-37-24-17-16-18-25-37/h16-18,20-25,29-31H,3-15,19,26-28H2,1-2H3/q+1/t31-/m0/s1. The zero-order chi connectivity index (χ0) is 28.3. The number of hydrogen-bond donors (Lipinski definition) is 0. The first-order valence-electron chi connectivity index (χ1n) is 15.9. The lowest BCUT2D eigenvalue weighted by Crippen LogP contribution is -2.35. The third-order valence-electron chi connectivity index (χ3n) is 7.83. The van der Waals surface area contributed by atoms with E-state index in [1.54, 1.807) is 0 Å². The summed E-state index contributed by atoms with van der Waals surface area (Å²) >= 11 is 0. The molecule has 2 aromatic carbocycles. The van der Waals surface area contributed by atoms with Crippen molar-refractivity contribution in [2.75, 3.05) is 13.2 Å². The molecule has 0 aliphatic rings. The van der Waals surface area contributed by atoms with Crippen molar-refractivity contribution in [1.29, 1.82) is 0 Å². The third-order valence-corrected chi connectivity index (χ3v) is 7.83. The predicted molar refractivity (Wildman–Crippen MR) is 166 cm³/mol. The van der Waals surface area contributed by atoms with Gasteiger partial charge in [-0.3, -0.25) is 4.79 Å². The van der Waals surface area contributed by atoms with Gasteiger partial charge in [-0.1, -0.05) is 121 Å². The van der Waals surface area contributed by atoms with Crippen LogP contribution in [0.5, 0.6) is 5.75 Å². The molecule has 3 rings (SSSR count). The van der Waals surface area contributed by atoms with Crippen LogP contribution >= 0.6 is 0 Å². The Bertz CT molecular complexity index is 1100. The van der Waals surface area contributed by atoms with Gasteiger partial charge in [0.25, 0.3) is 0 Å². The van der Waals surface area contributed by atoms with Crippen LogP contribution in [-0.2, 0) is 16.1 Å². The van der Waals surface area contributed by atoms with Gasteiger partial charge in [0, 0.05) is 12.1 Å². The molecule has 0 fully saturated rings. The molecule has 0 spiro atoms. The summed E-state index contributed by atoms with van der Waals surface area (Å²) < 4.78 is 13.6. The average molecular weight is 547 g/mol. The zero-order valence-electron chi connectivity index (χ0n) is 25.1. The summed E-state index contributed by atoms with van der Waals surface area (Å²) in [5.41, 5.74) is 0.973. The number of fused-ring (bicyclic) bond motifs is 1. The maximum atomic E-state index is 12.6. The lowest BCUT2D eigenvalue weighted by Gasteiger charge is -2.13. The molecule has 0 aliphatic carbocycles. The Morgan fingerprint density at radius 1 is 0.700 bits per heavy atom. The van der Waals surface area contributed by atoms with Crippen LogP contribution in [0.15, 0.2) is 67.0 Å². The molecule has 1 heterocycles. The summed E-state index contributed by atoms with van der Waals surface area (Å²) in [5, 5.41) is 2.24. The monoisotopic (exact) mass is 546 g/mol. The van der Waals surface area contributed by atoms with Crippen molar-refractivity contribution in [3.63, 3.8) is 0 Å². The van der Waals surface area contributed by atoms with E-state index in [0.717, 1.165) is 35.1 Å². The molecule has 218 valence electrons. The van der Waals surface area contributed by atoms with Crippen LogP contribution < -0.4 is 9.30 Å². The van der Waals surface area contributed by atoms with Gasteiger partial charge in [-0.2, -0.15) is 0 Å². The Labute approximate surface area is 243 Å². The van der Waals surface area contributed by atoms with E-state index in [2.05, 4.69) is 31.2 Å². The molecule has 40 heavy (non-hydrogen) atoms. The molecular formula is C36H52NO3+. The summed E-state index contributed by atoms with van der Waals surface area (Å²) in [6.45, 7) is 5.98. The molecule has 1 atom stereocenters. The van der Waals surface area contributed by atoms with Crippen molar-refractivity contribution < 1.29 is 18.8 Å². The summed E-state index contributed by atoms with van der Waals surface area (Å²) in [6.07, 6.45) is 23.1. The normalized spacial score (nSPS) is 11.9. The number of carbonyl (C=O) groups excluding carboxylic acids is 1. The van der Waals surface area contributed by atoms with Gasteiger partial charge in [-0.15, -0.1) is 0 Å². The molecule has 3 aromatic rings. The maximum absolute atomic E-state index is 12.6. The maximum Gasteiger partial charge on any atom is 0.313 e. The van der Waals surface area contributed by atoms with Gasteiger partial charge in [-0.05, 0) is 41.8 Å². The lowest BCUT2D eigenvalue weighted by atomic mass is 9.98. The van der Waals surface area contributed by atoms with Crippen molar-refractivity contribution in [3.05, 3.63) is 72.6 Å². The zero-order valence-corrected chi connectivity index (χ0v) is 25.1. The van der Waals surface area contributed by atoms with Crippen molar-refractivity contribution >= 4 is 16.7 Å². The van der Waals surface area contributed by atoms with Gasteiger partial charge in [0.2, 0.25) is 0 Å². The largest absolute Gasteiger partial charge is 0.494 e. The average Bonchev–Trinajstić information content (AvgIpc) is 2.99. The van der Waals surface area contributed by atoms with Crippen LogP contribution in [0.2, 0.25) is 0 Å². The Morgan fingerprint density at radius 3 is 1.93 bits per heavy atom. The molecule has 0 bridgehead atoms. The van der Waals surface area contributed by atoms with Crippen LogP contribution in [0.4, 0.5) is 0 Å². The second-order valence-electron chi connectivity index (χ2n) is 11.2. The van der Waals surface area contributed by atoms with E-state index in [4.69, 9.17) is 9.47 Å². The van der Waals surface area contributed by atoms with Gasteiger partial charge in [0.05, 0.1) is 12.5 Å². The van der Waals surface area contributed by atoms with E-state index in [1.165, 1.54) is 83.5 Å². The van der Waals surface area contributed by atoms with E-state index < -0.39 is 0 Å². The number of ether oxygens (including phenoxy) is 2. The topological polar surface area (TPSA) is 39.4 Å². The minimum Gasteiger partial charge on any atom is -0.494 e. The summed E-state index contributed by atoms with van der Waals surface area (Å²) in [4.78, 5) is 12.6. The molecule has 0 amide bonds. The van der Waals surface area contributed by atoms with Crippen molar-refractivity contribution in [3.8, 4) is 5.75 Å². The van der Waals surface area contributed by atoms with Crippen LogP contribution in [0.25, 0.3) is 10.8 Å². The molecule has 0 radical (unpaired) electrons. The lowest BCUT2D eigenvalue weighted by molar-refractivity contribution is -0.697. The second-order valence-corrected chi connectivity index (χ2v) is 11.2. The number of esters is 1. The number of unbranched alkanes of at least 4 members (excludes halogenated alkanes) is 13. The van der Waals surface area contributed by atoms with E-state index in [-0.39, 0.29) is 11.9 Å². The predicted octanol–water partition coefficient (Wildman–Crippen LogP) is 9.33. The van der Waals surface area contributed by atoms with Gasteiger partial charge >= 0.3 is 5.97 Å². The Morgan fingerprint density at radius 2 is 1.27 bits per heavy atom. The smallest absolute Gasteiger partial charge is 0.313 e. The molecule has 4 nitrogen and oxygen atoms in total. The van der Waals surface area contributed by atoms with E-state index in [1.807, 2.05) is 54.2 Å². The highest BCUT2D eigenvalue weighted by Crippen LogP contribution is 2.26. The number of benzene rings is 2. The minimum absolute atomic E-state index is 0.191. The van der Waals surface area contributed by atoms with Crippen molar-refractivity contribution in [2.45, 2.75) is 116 Å². The number of rotatable bonds is 21. The molecule has 0 saturated heterocycles. The number of pyridine rings is 1. The van der Waals surface area contributed by atoms with Crippen molar-refractivity contribution in [1.82, 2.24) is 0 Å². The Hall–Kier alpha value is -2.88. The summed E-state index contributed by atoms with van der Waals surface area (Å²) in [7, 11) is 0. The Balaban J connectivity index is 1.26. The van der Waals surface area contributed by atoms with Gasteiger partial charge in [0.1, 0.15) is 5.75 Å². The molecule has 0 N–H and O–H groups in total. The highest BCUT2D eigenvalue weighted by molar-refractivity contribution is 5.86. The summed E-state index contributed by atoms with van der Waals surface area (Å²) in [6, 6.07) is 18.3. The van der Waals surface area contributed by atoms with Gasteiger partial charge in [-0.25, -0.2) is 4.57 Å². The highest BCUT2D eigenvalue weighted by atomic mass is 16.5. The van der Waals surface area contributed by atoms with Crippen LogP contribution in [0, 0.1) is 0 Å². The van der Waals surface area contributed by atoms with E-state index in [0.29, 0.717) is 13.2 Å². The van der Waals surface area contributed by atoms with Crippen molar-refractivity contribution in [2.24, 2.45) is 0 Å². The fourth-order valence-electron chi connectivity index (χ4n) is 5.18. The number of aromatic nitrogens is 1. The van der Waals surface area contributed by atoms with Crippen LogP contribution in [-0.4, -0.2) is 19.2 Å². The molecular weight excluding hydrogens is 494 g/mol.